The van der Waals surface area contributed by atoms with E-state index < -0.39 is 24.0 Å². The fourth-order valence-electron chi connectivity index (χ4n) is 2.81. The first-order valence-electron chi connectivity index (χ1n) is 6.48. The molecule has 20 heavy (non-hydrogen) atoms. The van der Waals surface area contributed by atoms with Crippen LogP contribution in [0, 0.1) is 0 Å². The van der Waals surface area contributed by atoms with E-state index in [4.69, 9.17) is 10.5 Å². The van der Waals surface area contributed by atoms with Crippen LogP contribution in [0.4, 0.5) is 5.69 Å². The Kier molecular flexibility index (Phi) is 2.98. The molecule has 108 valence electrons. The quantitative estimate of drug-likeness (QED) is 0.589. The van der Waals surface area contributed by atoms with Crippen molar-refractivity contribution in [3.05, 3.63) is 30.5 Å². The summed E-state index contributed by atoms with van der Waals surface area (Å²) in [5, 5.41) is 30.6. The minimum absolute atomic E-state index is 0.352. The van der Waals surface area contributed by atoms with Gasteiger partial charge in [0.25, 0.3) is 0 Å². The molecule has 1 aromatic carbocycles. The maximum absolute atomic E-state index is 10.5. The molecule has 0 bridgehead atoms. The molecule has 2 heterocycles. The fourth-order valence-corrected chi connectivity index (χ4v) is 2.81. The Labute approximate surface area is 116 Å². The molecule has 1 aliphatic rings. The number of aromatic nitrogens is 1. The number of aliphatic hydroxyl groups is 3. The number of nitrogens with zero attached hydrogens (tertiary/aromatic N) is 1. The second kappa shape index (κ2) is 4.46. The van der Waals surface area contributed by atoms with Crippen LogP contribution in [0.1, 0.15) is 13.2 Å². The molecular formula is C14H18N2O4. The molecule has 6 nitrogen and oxygen atoms in total. The Morgan fingerprint density at radius 2 is 2.15 bits per heavy atom. The molecule has 0 saturated carbocycles. The van der Waals surface area contributed by atoms with Gasteiger partial charge in [0.15, 0.2) is 6.23 Å². The zero-order chi connectivity index (χ0) is 14.5. The average molecular weight is 278 g/mol. The van der Waals surface area contributed by atoms with E-state index in [1.54, 1.807) is 16.8 Å². The van der Waals surface area contributed by atoms with Crippen LogP contribution in [0.3, 0.4) is 0 Å². The average Bonchev–Trinajstić information content (AvgIpc) is 2.92. The number of hydrogen-bond acceptors (Lipinski definition) is 5. The van der Waals surface area contributed by atoms with Crippen molar-refractivity contribution in [2.24, 2.45) is 0 Å². The monoisotopic (exact) mass is 278 g/mol. The summed E-state index contributed by atoms with van der Waals surface area (Å²) < 4.78 is 7.33. The first-order valence-corrected chi connectivity index (χ1v) is 6.48. The normalized spacial score (nSPS) is 33.9. The number of hydrogen-bond donors (Lipinski definition) is 4. The van der Waals surface area contributed by atoms with Gasteiger partial charge in [-0.25, -0.2) is 0 Å². The molecule has 3 rings (SSSR count). The highest BCUT2D eigenvalue weighted by atomic mass is 16.6. The second-order valence-electron chi connectivity index (χ2n) is 5.38. The van der Waals surface area contributed by atoms with Crippen molar-refractivity contribution >= 4 is 16.6 Å². The van der Waals surface area contributed by atoms with Gasteiger partial charge in [0.2, 0.25) is 0 Å². The minimum atomic E-state index is -1.50. The van der Waals surface area contributed by atoms with E-state index in [2.05, 4.69) is 0 Å². The van der Waals surface area contributed by atoms with Gasteiger partial charge in [-0.1, -0.05) is 6.07 Å². The number of benzene rings is 1. The van der Waals surface area contributed by atoms with E-state index in [1.165, 1.54) is 6.92 Å². The molecule has 1 aliphatic heterocycles. The summed E-state index contributed by atoms with van der Waals surface area (Å²) in [6, 6.07) is 7.32. The summed E-state index contributed by atoms with van der Waals surface area (Å²) in [4.78, 5) is 0. The molecule has 0 amide bonds. The van der Waals surface area contributed by atoms with E-state index in [9.17, 15) is 15.3 Å². The summed E-state index contributed by atoms with van der Waals surface area (Å²) >= 11 is 0. The van der Waals surface area contributed by atoms with Gasteiger partial charge in [-0.3, -0.25) is 0 Å². The summed E-state index contributed by atoms with van der Waals surface area (Å²) in [7, 11) is 0. The van der Waals surface area contributed by atoms with Gasteiger partial charge in [0, 0.05) is 17.3 Å². The van der Waals surface area contributed by atoms with Crippen LogP contribution in [0.2, 0.25) is 0 Å². The maximum atomic E-state index is 10.5. The standard InChI is InChI=1S/C14H18N2O4/c1-14(19)12(18)11(7-17)20-13(14)16-6-5-8-9(15)3-2-4-10(8)16/h2-6,11-13,17-19H,7,15H2,1H3/t11-,12-,13-,14+/m1/s1. The lowest BCUT2D eigenvalue weighted by atomic mass is 9.96. The first kappa shape index (κ1) is 13.4. The van der Waals surface area contributed by atoms with E-state index in [0.717, 1.165) is 10.9 Å². The zero-order valence-electron chi connectivity index (χ0n) is 11.1. The van der Waals surface area contributed by atoms with Gasteiger partial charge in [-0.05, 0) is 25.1 Å². The topological polar surface area (TPSA) is 101 Å². The molecule has 0 spiro atoms. The maximum Gasteiger partial charge on any atom is 0.165 e. The number of nitrogen functional groups attached to an aromatic ring is 1. The van der Waals surface area contributed by atoms with E-state index in [0.29, 0.717) is 5.69 Å². The SMILES string of the molecule is C[C@]1(O)[C@H](O)[C@@H](CO)O[C@H]1n1ccc2c(N)cccc21. The Bertz CT molecular complexity index is 637. The van der Waals surface area contributed by atoms with Crippen LogP contribution >= 0.6 is 0 Å². The molecule has 1 aromatic heterocycles. The van der Waals surface area contributed by atoms with Crippen molar-refractivity contribution in [2.75, 3.05) is 12.3 Å². The fraction of sp³-hybridized carbons (Fsp3) is 0.429. The lowest BCUT2D eigenvalue weighted by Crippen LogP contribution is -2.44. The van der Waals surface area contributed by atoms with Crippen LogP contribution in [0.25, 0.3) is 10.9 Å². The predicted molar refractivity (Wildman–Crippen MR) is 74.0 cm³/mol. The largest absolute Gasteiger partial charge is 0.398 e. The third kappa shape index (κ3) is 1.73. The van der Waals surface area contributed by atoms with E-state index >= 15 is 0 Å². The van der Waals surface area contributed by atoms with Crippen molar-refractivity contribution in [3.63, 3.8) is 0 Å². The van der Waals surface area contributed by atoms with Gasteiger partial charge < -0.3 is 30.4 Å². The second-order valence-corrected chi connectivity index (χ2v) is 5.38. The molecule has 5 N–H and O–H groups in total. The number of aliphatic hydroxyl groups excluding tert-OH is 2. The van der Waals surface area contributed by atoms with E-state index in [-0.39, 0.29) is 6.61 Å². The Hall–Kier alpha value is -1.60. The van der Waals surface area contributed by atoms with Crippen LogP contribution in [-0.2, 0) is 4.74 Å². The molecule has 4 atom stereocenters. The summed E-state index contributed by atoms with van der Waals surface area (Å²) in [6.07, 6.45) is -0.995. The van der Waals surface area contributed by atoms with Gasteiger partial charge in [0.1, 0.15) is 17.8 Å². The van der Waals surface area contributed by atoms with Crippen LogP contribution < -0.4 is 5.73 Å². The highest BCUT2D eigenvalue weighted by molar-refractivity contribution is 5.91. The smallest absolute Gasteiger partial charge is 0.165 e. The molecule has 6 heteroatoms. The number of anilines is 1. The number of nitrogens with two attached hydrogens (primary N) is 1. The molecule has 0 radical (unpaired) electrons. The van der Waals surface area contributed by atoms with Crippen LogP contribution in [0.5, 0.6) is 0 Å². The third-order valence-corrected chi connectivity index (χ3v) is 3.98. The first-order chi connectivity index (χ1) is 9.46. The number of rotatable bonds is 2. The minimum Gasteiger partial charge on any atom is -0.398 e. The number of ether oxygens (including phenoxy) is 1. The van der Waals surface area contributed by atoms with Gasteiger partial charge in [0.05, 0.1) is 12.1 Å². The molecule has 0 aliphatic carbocycles. The molecular weight excluding hydrogens is 260 g/mol. The summed E-state index contributed by atoms with van der Waals surface area (Å²) in [5.74, 6) is 0. The van der Waals surface area contributed by atoms with Gasteiger partial charge in [-0.15, -0.1) is 0 Å². The lowest BCUT2D eigenvalue weighted by Gasteiger charge is -2.28. The van der Waals surface area contributed by atoms with Crippen molar-refractivity contribution in [3.8, 4) is 0 Å². The van der Waals surface area contributed by atoms with Crippen LogP contribution in [-0.4, -0.2) is 44.3 Å². The highest BCUT2D eigenvalue weighted by Crippen LogP contribution is 2.40. The highest BCUT2D eigenvalue weighted by Gasteiger charge is 2.52. The van der Waals surface area contributed by atoms with Gasteiger partial charge in [-0.2, -0.15) is 0 Å². The van der Waals surface area contributed by atoms with Gasteiger partial charge >= 0.3 is 0 Å². The predicted octanol–water partition coefficient (Wildman–Crippen LogP) is 0.225. The van der Waals surface area contributed by atoms with Crippen molar-refractivity contribution in [1.82, 2.24) is 4.57 Å². The van der Waals surface area contributed by atoms with Crippen molar-refractivity contribution in [2.45, 2.75) is 31.0 Å². The zero-order valence-corrected chi connectivity index (χ0v) is 11.1. The number of fused-ring (bicyclic) bond motifs is 1. The molecule has 1 saturated heterocycles. The lowest BCUT2D eigenvalue weighted by molar-refractivity contribution is -0.0946. The Morgan fingerprint density at radius 3 is 2.80 bits per heavy atom. The van der Waals surface area contributed by atoms with Crippen molar-refractivity contribution in [1.29, 1.82) is 0 Å². The Balaban J connectivity index is 2.10. The Morgan fingerprint density at radius 1 is 1.40 bits per heavy atom. The molecule has 2 aromatic rings. The van der Waals surface area contributed by atoms with Crippen LogP contribution in [0.15, 0.2) is 30.5 Å². The van der Waals surface area contributed by atoms with E-state index in [1.807, 2.05) is 18.2 Å². The summed E-state index contributed by atoms with van der Waals surface area (Å²) in [5.41, 5.74) is 5.86. The molecule has 0 unspecified atom stereocenters. The molecule has 1 fully saturated rings. The summed E-state index contributed by atoms with van der Waals surface area (Å²) in [6.45, 7) is 1.14. The third-order valence-electron chi connectivity index (χ3n) is 3.98. The van der Waals surface area contributed by atoms with Crippen molar-refractivity contribution < 1.29 is 20.1 Å².